The van der Waals surface area contributed by atoms with Crippen LogP contribution in [-0.2, 0) is 14.4 Å². The van der Waals surface area contributed by atoms with E-state index in [-0.39, 0.29) is 11.9 Å². The fourth-order valence-electron chi connectivity index (χ4n) is 1.99. The molecule has 5 nitrogen and oxygen atoms in total. The molecule has 0 radical (unpaired) electrons. The average molecular weight is 331 g/mol. The quantitative estimate of drug-likeness (QED) is 0.902. The summed E-state index contributed by atoms with van der Waals surface area (Å²) in [4.78, 5) is 17.2. The van der Waals surface area contributed by atoms with Crippen LogP contribution in [0.2, 0.25) is 10.0 Å². The molecule has 21 heavy (non-hydrogen) atoms. The number of oxime groups is 1. The van der Waals surface area contributed by atoms with Gasteiger partial charge < -0.3 is 14.9 Å². The summed E-state index contributed by atoms with van der Waals surface area (Å²) in [6.07, 6.45) is -0.238. The summed E-state index contributed by atoms with van der Waals surface area (Å²) in [5.41, 5.74) is 1.47. The highest BCUT2D eigenvalue weighted by molar-refractivity contribution is 6.42. The number of nitrogens with zero attached hydrogens (tertiary/aromatic N) is 1. The lowest BCUT2D eigenvalue weighted by Gasteiger charge is -2.15. The summed E-state index contributed by atoms with van der Waals surface area (Å²) in [6.45, 7) is 2.30. The molecule has 0 aliphatic carbocycles. The molecule has 1 aliphatic rings. The van der Waals surface area contributed by atoms with E-state index in [1.807, 2.05) is 6.92 Å². The first-order valence-corrected chi connectivity index (χ1v) is 7.24. The first-order valence-electron chi connectivity index (χ1n) is 6.48. The fraction of sp³-hybridized carbons (Fsp3) is 0.429. The zero-order valence-electron chi connectivity index (χ0n) is 11.7. The summed E-state index contributed by atoms with van der Waals surface area (Å²) in [5.74, 6) is -0.210. The molecule has 0 aromatic heterocycles. The van der Waals surface area contributed by atoms with Gasteiger partial charge in [-0.1, -0.05) is 34.4 Å². The van der Waals surface area contributed by atoms with Crippen molar-refractivity contribution in [1.29, 1.82) is 0 Å². The minimum Gasteiger partial charge on any atom is -0.383 e. The maximum Gasteiger partial charge on any atom is 0.264 e. The highest BCUT2D eigenvalue weighted by Crippen LogP contribution is 2.25. The largest absolute Gasteiger partial charge is 0.383 e. The molecule has 0 bridgehead atoms. The number of methoxy groups -OCH3 is 1. The van der Waals surface area contributed by atoms with Gasteiger partial charge in [-0.05, 0) is 19.1 Å². The van der Waals surface area contributed by atoms with Crippen LogP contribution in [0.15, 0.2) is 23.4 Å². The molecule has 114 valence electrons. The third-order valence-electron chi connectivity index (χ3n) is 3.02. The Morgan fingerprint density at radius 1 is 1.52 bits per heavy atom. The van der Waals surface area contributed by atoms with E-state index in [1.165, 1.54) is 0 Å². The molecule has 0 saturated carbocycles. The second-order valence-electron chi connectivity index (χ2n) is 4.83. The van der Waals surface area contributed by atoms with Gasteiger partial charge in [0.1, 0.15) is 0 Å². The van der Waals surface area contributed by atoms with Gasteiger partial charge in [-0.25, -0.2) is 0 Å². The summed E-state index contributed by atoms with van der Waals surface area (Å²) in [5, 5.41) is 7.68. The van der Waals surface area contributed by atoms with Gasteiger partial charge >= 0.3 is 0 Å². The SMILES string of the molecule is COC[C@H](C)NC(=O)[C@H]1CC(c2ccc(Cl)c(Cl)c2)=NO1. The van der Waals surface area contributed by atoms with Crippen molar-refractivity contribution in [3.8, 4) is 0 Å². The number of benzene rings is 1. The normalized spacial score (nSPS) is 18.9. The van der Waals surface area contributed by atoms with Crippen LogP contribution in [0.3, 0.4) is 0 Å². The van der Waals surface area contributed by atoms with Gasteiger partial charge in [0.25, 0.3) is 5.91 Å². The number of hydrogen-bond donors (Lipinski definition) is 1. The van der Waals surface area contributed by atoms with E-state index < -0.39 is 6.10 Å². The topological polar surface area (TPSA) is 59.9 Å². The van der Waals surface area contributed by atoms with Gasteiger partial charge in [-0.3, -0.25) is 4.79 Å². The molecular formula is C14H16Cl2N2O3. The molecule has 2 atom stereocenters. The minimum absolute atomic E-state index is 0.0832. The van der Waals surface area contributed by atoms with E-state index in [1.54, 1.807) is 25.3 Å². The predicted octanol–water partition coefficient (Wildman–Crippen LogP) is 2.64. The van der Waals surface area contributed by atoms with E-state index in [0.29, 0.717) is 28.8 Å². The van der Waals surface area contributed by atoms with E-state index in [4.69, 9.17) is 32.8 Å². The molecule has 1 N–H and O–H groups in total. The molecule has 7 heteroatoms. The number of rotatable bonds is 5. The van der Waals surface area contributed by atoms with Crippen LogP contribution in [0, 0.1) is 0 Å². The first-order chi connectivity index (χ1) is 10.0. The highest BCUT2D eigenvalue weighted by Gasteiger charge is 2.29. The first kappa shape index (κ1) is 16.1. The third-order valence-corrected chi connectivity index (χ3v) is 3.76. The van der Waals surface area contributed by atoms with Crippen molar-refractivity contribution in [3.05, 3.63) is 33.8 Å². The van der Waals surface area contributed by atoms with Gasteiger partial charge in [0, 0.05) is 25.1 Å². The van der Waals surface area contributed by atoms with Crippen molar-refractivity contribution < 1.29 is 14.4 Å². The van der Waals surface area contributed by atoms with E-state index >= 15 is 0 Å². The van der Waals surface area contributed by atoms with Crippen molar-refractivity contribution in [2.24, 2.45) is 5.16 Å². The zero-order valence-corrected chi connectivity index (χ0v) is 13.2. The highest BCUT2D eigenvalue weighted by atomic mass is 35.5. The van der Waals surface area contributed by atoms with Crippen LogP contribution in [0.25, 0.3) is 0 Å². The lowest BCUT2D eigenvalue weighted by atomic mass is 10.0. The maximum absolute atomic E-state index is 12.0. The Morgan fingerprint density at radius 3 is 2.95 bits per heavy atom. The Bertz CT molecular complexity index is 563. The molecule has 2 rings (SSSR count). The Labute approximate surface area is 133 Å². The van der Waals surface area contributed by atoms with Crippen molar-refractivity contribution in [2.75, 3.05) is 13.7 Å². The van der Waals surface area contributed by atoms with Crippen LogP contribution in [0.1, 0.15) is 18.9 Å². The van der Waals surface area contributed by atoms with Crippen LogP contribution in [0.5, 0.6) is 0 Å². The van der Waals surface area contributed by atoms with Crippen LogP contribution < -0.4 is 5.32 Å². The molecule has 1 aromatic carbocycles. The number of nitrogens with one attached hydrogen (secondary N) is 1. The molecule has 0 fully saturated rings. The molecule has 0 spiro atoms. The standard InChI is InChI=1S/C14H16Cl2N2O3/c1-8(7-20-2)17-14(19)13-6-12(18-21-13)9-3-4-10(15)11(16)5-9/h3-5,8,13H,6-7H2,1-2H3,(H,17,19)/t8-,13+/m0/s1. The third kappa shape index (κ3) is 4.09. The van der Waals surface area contributed by atoms with Gasteiger partial charge in [0.05, 0.1) is 22.4 Å². The summed E-state index contributed by atoms with van der Waals surface area (Å²) in [6, 6.07) is 5.11. The number of hydrogen-bond acceptors (Lipinski definition) is 4. The lowest BCUT2D eigenvalue weighted by Crippen LogP contribution is -2.42. The molecule has 1 aromatic rings. The molecule has 0 unspecified atom stereocenters. The van der Waals surface area contributed by atoms with Gasteiger partial charge in [-0.2, -0.15) is 0 Å². The molecule has 0 saturated heterocycles. The van der Waals surface area contributed by atoms with E-state index in [2.05, 4.69) is 10.5 Å². The summed E-state index contributed by atoms with van der Waals surface area (Å²) >= 11 is 11.8. The molecule has 1 aliphatic heterocycles. The Morgan fingerprint density at radius 2 is 2.29 bits per heavy atom. The number of carbonyl (C=O) groups excluding carboxylic acids is 1. The lowest BCUT2D eigenvalue weighted by molar-refractivity contribution is -0.132. The van der Waals surface area contributed by atoms with Gasteiger partial charge in [0.15, 0.2) is 0 Å². The summed E-state index contributed by atoms with van der Waals surface area (Å²) in [7, 11) is 1.58. The fourth-order valence-corrected chi connectivity index (χ4v) is 2.29. The molecular weight excluding hydrogens is 315 g/mol. The Kier molecular flexibility index (Phi) is 5.45. The number of ether oxygens (including phenoxy) is 1. The Balaban J connectivity index is 1.96. The van der Waals surface area contributed by atoms with Crippen molar-refractivity contribution >= 4 is 34.8 Å². The van der Waals surface area contributed by atoms with Crippen molar-refractivity contribution in [3.63, 3.8) is 0 Å². The van der Waals surface area contributed by atoms with Crippen molar-refractivity contribution in [2.45, 2.75) is 25.5 Å². The number of amides is 1. The second kappa shape index (κ2) is 7.11. The minimum atomic E-state index is -0.631. The summed E-state index contributed by atoms with van der Waals surface area (Å²) < 4.78 is 4.97. The number of halogens is 2. The van der Waals surface area contributed by atoms with Crippen LogP contribution in [0.4, 0.5) is 0 Å². The second-order valence-corrected chi connectivity index (χ2v) is 5.64. The van der Waals surface area contributed by atoms with Crippen LogP contribution >= 0.6 is 23.2 Å². The maximum atomic E-state index is 12.0. The predicted molar refractivity (Wildman–Crippen MR) is 82.0 cm³/mol. The Hall–Kier alpha value is -1.30. The zero-order chi connectivity index (χ0) is 15.4. The monoisotopic (exact) mass is 330 g/mol. The average Bonchev–Trinajstić information content (AvgIpc) is 2.92. The molecule has 1 amide bonds. The number of carbonyl (C=O) groups is 1. The van der Waals surface area contributed by atoms with E-state index in [0.717, 1.165) is 5.56 Å². The molecule has 1 heterocycles. The van der Waals surface area contributed by atoms with Crippen molar-refractivity contribution in [1.82, 2.24) is 5.32 Å². The van der Waals surface area contributed by atoms with E-state index in [9.17, 15) is 4.79 Å². The van der Waals surface area contributed by atoms with Gasteiger partial charge in [0.2, 0.25) is 6.10 Å². The smallest absolute Gasteiger partial charge is 0.264 e. The van der Waals surface area contributed by atoms with Crippen LogP contribution in [-0.4, -0.2) is 37.5 Å². The van der Waals surface area contributed by atoms with Gasteiger partial charge in [-0.15, -0.1) is 0 Å².